The molecule has 0 bridgehead atoms. The molecule has 13 nitrogen and oxygen atoms in total. The fourth-order valence-corrected chi connectivity index (χ4v) is 4.19. The second-order valence-corrected chi connectivity index (χ2v) is 8.92. The minimum absolute atomic E-state index is 0.00429. The summed E-state index contributed by atoms with van der Waals surface area (Å²) in [6.45, 7) is -1.94. The molecule has 0 aliphatic heterocycles. The van der Waals surface area contributed by atoms with Crippen LogP contribution in [0.3, 0.4) is 0 Å². The smallest absolute Gasteiger partial charge is 0.318 e. The number of carboxylic acids is 1. The molecule has 2 amide bonds. The Labute approximate surface area is 220 Å². The van der Waals surface area contributed by atoms with E-state index in [-0.39, 0.29) is 46.2 Å². The Kier molecular flexibility index (Phi) is 7.12. The number of H-pyrrole nitrogens is 1. The summed E-state index contributed by atoms with van der Waals surface area (Å²) in [6, 6.07) is 10.9. The summed E-state index contributed by atoms with van der Waals surface area (Å²) in [6.07, 6.45) is 0. The molecule has 202 valence electrons. The Balaban J connectivity index is 2.00. The summed E-state index contributed by atoms with van der Waals surface area (Å²) in [4.78, 5) is 30.9. The lowest BCUT2D eigenvalue weighted by Crippen LogP contribution is -2.43. The predicted molar refractivity (Wildman–Crippen MR) is 141 cm³/mol. The van der Waals surface area contributed by atoms with Gasteiger partial charge in [0.1, 0.15) is 28.6 Å². The minimum atomic E-state index is -2.16. The third kappa shape index (κ3) is 4.91. The number of hydrogen-bond acceptors (Lipinski definition) is 8. The number of aromatic hydroxyl groups is 2. The van der Waals surface area contributed by atoms with E-state index in [4.69, 9.17) is 16.9 Å². The number of aromatic nitrogens is 2. The van der Waals surface area contributed by atoms with Crippen LogP contribution in [-0.2, 0) is 16.8 Å². The van der Waals surface area contributed by atoms with Gasteiger partial charge in [0.05, 0.1) is 29.8 Å². The lowest BCUT2D eigenvalue weighted by Gasteiger charge is -2.27. The third-order valence-corrected chi connectivity index (χ3v) is 6.48. The number of carbonyl (C=O) groups excluding carboxylic acids is 1. The van der Waals surface area contributed by atoms with Crippen molar-refractivity contribution in [1.82, 2.24) is 15.3 Å². The number of fused-ring (bicyclic) bond motifs is 1. The van der Waals surface area contributed by atoms with Crippen molar-refractivity contribution < 1.29 is 35.1 Å². The van der Waals surface area contributed by atoms with Gasteiger partial charge in [0.15, 0.2) is 0 Å². The van der Waals surface area contributed by atoms with Crippen molar-refractivity contribution in [3.8, 4) is 34.0 Å². The maximum atomic E-state index is 12.2. The molecule has 0 unspecified atom stereocenters. The van der Waals surface area contributed by atoms with Crippen molar-refractivity contribution >= 4 is 28.9 Å². The summed E-state index contributed by atoms with van der Waals surface area (Å²) in [7, 11) is 0. The van der Waals surface area contributed by atoms with Crippen LogP contribution < -0.4 is 16.8 Å². The topological polar surface area (TPSA) is 252 Å². The van der Waals surface area contributed by atoms with Gasteiger partial charge < -0.3 is 47.3 Å². The highest BCUT2D eigenvalue weighted by molar-refractivity contribution is 5.98. The minimum Gasteiger partial charge on any atom is -0.507 e. The molecule has 1 heterocycles. The quantitative estimate of drug-likeness (QED) is 0.109. The molecule has 4 rings (SSSR count). The maximum absolute atomic E-state index is 12.2. The number of hydrogen-bond donors (Lipinski definition) is 10. The molecule has 4 aromatic rings. The zero-order valence-electron chi connectivity index (χ0n) is 20.4. The molecule has 39 heavy (non-hydrogen) atoms. The molecule has 0 aliphatic rings. The van der Waals surface area contributed by atoms with Crippen LogP contribution in [0.5, 0.6) is 11.5 Å². The molecular formula is C26H26N6O7. The van der Waals surface area contributed by atoms with E-state index in [1.807, 2.05) is 0 Å². The van der Waals surface area contributed by atoms with Crippen LogP contribution in [0.1, 0.15) is 16.7 Å². The number of imidazole rings is 1. The summed E-state index contributed by atoms with van der Waals surface area (Å²) >= 11 is 0. The van der Waals surface area contributed by atoms with Crippen LogP contribution in [0.25, 0.3) is 33.5 Å². The van der Waals surface area contributed by atoms with Crippen molar-refractivity contribution in [3.05, 3.63) is 65.2 Å². The number of nitrogens with zero attached hydrogens (tertiary/aromatic N) is 1. The summed E-state index contributed by atoms with van der Waals surface area (Å²) < 4.78 is 0. The highest BCUT2D eigenvalue weighted by Crippen LogP contribution is 2.44. The van der Waals surface area contributed by atoms with Crippen LogP contribution in [-0.4, -0.2) is 66.6 Å². The Bertz CT molecular complexity index is 1610. The number of phenols is 2. The predicted octanol–water partition coefficient (Wildman–Crippen LogP) is 1.07. The second-order valence-electron chi connectivity index (χ2n) is 8.92. The number of carboxylic acid groups (broad SMARTS) is 1. The first-order valence-corrected chi connectivity index (χ1v) is 11.5. The molecule has 12 N–H and O–H groups in total. The number of aliphatic carboxylic acids is 1. The highest BCUT2D eigenvalue weighted by atomic mass is 16.4. The maximum Gasteiger partial charge on any atom is 0.318 e. The normalized spacial score (nSPS) is 11.4. The highest BCUT2D eigenvalue weighted by Gasteiger charge is 2.41. The summed E-state index contributed by atoms with van der Waals surface area (Å²) in [5.41, 5.74) is 10.4. The number of urea groups is 1. The average Bonchev–Trinajstić information content (AvgIpc) is 3.33. The number of aliphatic hydroxyl groups excluding tert-OH is 2. The lowest BCUT2D eigenvalue weighted by atomic mass is 9.79. The number of aromatic amines is 1. The van der Waals surface area contributed by atoms with E-state index < -0.39 is 36.4 Å². The van der Waals surface area contributed by atoms with E-state index >= 15 is 0 Å². The number of amidine groups is 1. The number of primary amides is 1. The fourth-order valence-electron chi connectivity index (χ4n) is 4.19. The number of nitrogens with two attached hydrogens (primary N) is 2. The van der Waals surface area contributed by atoms with Crippen molar-refractivity contribution in [3.63, 3.8) is 0 Å². The van der Waals surface area contributed by atoms with Gasteiger partial charge in [0.2, 0.25) is 0 Å². The van der Waals surface area contributed by atoms with Gasteiger partial charge in [-0.05, 0) is 53.6 Å². The van der Waals surface area contributed by atoms with Gasteiger partial charge in [-0.15, -0.1) is 0 Å². The standard InChI is InChI=1S/C26H26N6O7/c27-22(28)13-2-3-18-19(6-13)32-23(31-18)17-8-14(26(10-33,11-34)24(37)38)7-16(21(17)36)15-5-12(1-4-20(15)35)9-30-25(29)39/h1-8,33-36H,9-11H2,(H3,27,28)(H,31,32)(H,37,38)(H3,29,30,39). The van der Waals surface area contributed by atoms with Crippen molar-refractivity contribution in [1.29, 1.82) is 5.41 Å². The summed E-state index contributed by atoms with van der Waals surface area (Å²) in [5, 5.41) is 62.2. The van der Waals surface area contributed by atoms with Crippen LogP contribution in [0.2, 0.25) is 0 Å². The van der Waals surface area contributed by atoms with Gasteiger partial charge in [-0.3, -0.25) is 10.2 Å². The second kappa shape index (κ2) is 10.3. The average molecular weight is 535 g/mol. The third-order valence-electron chi connectivity index (χ3n) is 6.48. The Morgan fingerprint density at radius 1 is 0.974 bits per heavy atom. The fraction of sp³-hybridized carbons (Fsp3) is 0.154. The molecule has 0 fully saturated rings. The zero-order chi connectivity index (χ0) is 28.5. The molecule has 3 aromatic carbocycles. The largest absolute Gasteiger partial charge is 0.507 e. The Morgan fingerprint density at radius 2 is 1.67 bits per heavy atom. The van der Waals surface area contributed by atoms with Crippen LogP contribution in [0, 0.1) is 5.41 Å². The first kappa shape index (κ1) is 26.9. The molecule has 0 atom stereocenters. The lowest BCUT2D eigenvalue weighted by molar-refractivity contribution is -0.147. The number of rotatable bonds is 9. The van der Waals surface area contributed by atoms with Gasteiger partial charge in [0, 0.05) is 23.2 Å². The van der Waals surface area contributed by atoms with Crippen LogP contribution in [0.4, 0.5) is 4.79 Å². The number of carbonyl (C=O) groups is 2. The number of phenolic OH excluding ortho intramolecular Hbond substituents is 2. The van der Waals surface area contributed by atoms with E-state index in [2.05, 4.69) is 15.3 Å². The van der Waals surface area contributed by atoms with Gasteiger partial charge >= 0.3 is 12.0 Å². The van der Waals surface area contributed by atoms with E-state index in [1.165, 1.54) is 30.3 Å². The van der Waals surface area contributed by atoms with E-state index in [1.54, 1.807) is 18.2 Å². The first-order chi connectivity index (χ1) is 18.5. The van der Waals surface area contributed by atoms with Crippen molar-refractivity contribution in [2.75, 3.05) is 13.2 Å². The van der Waals surface area contributed by atoms with Gasteiger partial charge in [-0.25, -0.2) is 9.78 Å². The number of nitrogens with one attached hydrogen (secondary N) is 3. The molecular weight excluding hydrogens is 508 g/mol. The molecule has 0 saturated carbocycles. The zero-order valence-corrected chi connectivity index (χ0v) is 20.4. The Morgan fingerprint density at radius 3 is 2.28 bits per heavy atom. The van der Waals surface area contributed by atoms with Crippen molar-refractivity contribution in [2.24, 2.45) is 11.5 Å². The molecule has 0 radical (unpaired) electrons. The molecule has 0 spiro atoms. The number of nitrogen functional groups attached to an aromatic ring is 1. The number of amides is 2. The van der Waals surface area contributed by atoms with Crippen LogP contribution >= 0.6 is 0 Å². The molecule has 0 aliphatic carbocycles. The van der Waals surface area contributed by atoms with Crippen molar-refractivity contribution in [2.45, 2.75) is 12.0 Å². The monoisotopic (exact) mass is 534 g/mol. The first-order valence-electron chi connectivity index (χ1n) is 11.5. The van der Waals surface area contributed by atoms with E-state index in [0.29, 0.717) is 22.2 Å². The molecule has 13 heteroatoms. The summed E-state index contributed by atoms with van der Waals surface area (Å²) in [5.74, 6) is -2.26. The van der Waals surface area contributed by atoms with E-state index in [0.717, 1.165) is 0 Å². The number of benzene rings is 3. The Hall–Kier alpha value is -5.14. The molecule has 0 saturated heterocycles. The number of aliphatic hydroxyl groups is 2. The van der Waals surface area contributed by atoms with Gasteiger partial charge in [-0.2, -0.15) is 0 Å². The molecule has 1 aromatic heterocycles. The van der Waals surface area contributed by atoms with Crippen LogP contribution in [0.15, 0.2) is 48.5 Å². The van der Waals surface area contributed by atoms with E-state index in [9.17, 15) is 35.1 Å². The van der Waals surface area contributed by atoms with Gasteiger partial charge in [-0.1, -0.05) is 6.07 Å². The SMILES string of the molecule is N=C(N)c1ccc2[nH]c(-c3cc(C(CO)(CO)C(=O)O)cc(-c4cc(CNC(N)=O)ccc4O)c3O)nc2c1. The van der Waals surface area contributed by atoms with Gasteiger partial charge in [0.25, 0.3) is 0 Å².